The molecule has 1 aromatic heterocycles. The first-order chi connectivity index (χ1) is 8.08. The highest BCUT2D eigenvalue weighted by Gasteiger charge is 2.06. The zero-order valence-electron chi connectivity index (χ0n) is 10.3. The number of nitrogens with zero attached hydrogens (tertiary/aromatic N) is 1. The van der Waals surface area contributed by atoms with Crippen molar-refractivity contribution in [1.29, 1.82) is 0 Å². The second-order valence-electron chi connectivity index (χ2n) is 4.22. The van der Waals surface area contributed by atoms with E-state index < -0.39 is 0 Å². The second kappa shape index (κ2) is 4.45. The van der Waals surface area contributed by atoms with Crippen LogP contribution >= 0.6 is 0 Å². The highest BCUT2D eigenvalue weighted by atomic mass is 16.5. The molecule has 0 saturated carbocycles. The van der Waals surface area contributed by atoms with Crippen LogP contribution in [0.4, 0.5) is 5.69 Å². The smallest absolute Gasteiger partial charge is 0.133 e. The fourth-order valence-corrected chi connectivity index (χ4v) is 1.65. The van der Waals surface area contributed by atoms with Gasteiger partial charge >= 0.3 is 0 Å². The fraction of sp³-hybridized carbons (Fsp3) is 0.214. The summed E-state index contributed by atoms with van der Waals surface area (Å²) in [5.41, 5.74) is 9.79. The van der Waals surface area contributed by atoms with Gasteiger partial charge in [0.2, 0.25) is 0 Å². The average molecular weight is 228 g/mol. The topological polar surface area (TPSA) is 48.1 Å². The number of nitrogens with two attached hydrogens (primary N) is 1. The number of nitrogen functional groups attached to an aromatic ring is 1. The van der Waals surface area contributed by atoms with Crippen molar-refractivity contribution in [2.45, 2.75) is 20.8 Å². The number of aromatic nitrogens is 1. The molecule has 0 atom stereocenters. The van der Waals surface area contributed by atoms with E-state index in [1.165, 1.54) is 0 Å². The Labute approximate surface area is 101 Å². The summed E-state index contributed by atoms with van der Waals surface area (Å²) >= 11 is 0. The molecule has 0 amide bonds. The molecule has 88 valence electrons. The van der Waals surface area contributed by atoms with Crippen molar-refractivity contribution in [3.05, 3.63) is 47.3 Å². The Morgan fingerprint density at radius 1 is 1.00 bits per heavy atom. The first-order valence-corrected chi connectivity index (χ1v) is 5.53. The summed E-state index contributed by atoms with van der Waals surface area (Å²) in [4.78, 5) is 4.04. The summed E-state index contributed by atoms with van der Waals surface area (Å²) in [6.07, 6.45) is 3.50. The van der Waals surface area contributed by atoms with Crippen LogP contribution in [0.3, 0.4) is 0 Å². The zero-order chi connectivity index (χ0) is 12.4. The van der Waals surface area contributed by atoms with Gasteiger partial charge in [-0.15, -0.1) is 0 Å². The molecule has 0 bridgehead atoms. The second-order valence-corrected chi connectivity index (χ2v) is 4.22. The molecular weight excluding hydrogens is 212 g/mol. The van der Waals surface area contributed by atoms with E-state index in [2.05, 4.69) is 4.98 Å². The first kappa shape index (κ1) is 11.5. The molecule has 1 heterocycles. The van der Waals surface area contributed by atoms with Crippen molar-refractivity contribution >= 4 is 5.69 Å². The molecule has 2 rings (SSSR count). The number of hydrogen-bond acceptors (Lipinski definition) is 3. The largest absolute Gasteiger partial charge is 0.457 e. The van der Waals surface area contributed by atoms with Gasteiger partial charge in [0.1, 0.15) is 11.5 Å². The molecule has 0 fully saturated rings. The lowest BCUT2D eigenvalue weighted by atomic mass is 10.1. The van der Waals surface area contributed by atoms with Gasteiger partial charge in [0, 0.05) is 29.7 Å². The third-order valence-corrected chi connectivity index (χ3v) is 2.75. The maximum Gasteiger partial charge on any atom is 0.133 e. The Hall–Kier alpha value is -2.03. The van der Waals surface area contributed by atoms with E-state index in [-0.39, 0.29) is 0 Å². The van der Waals surface area contributed by atoms with E-state index in [1.54, 1.807) is 12.4 Å². The van der Waals surface area contributed by atoms with E-state index in [0.717, 1.165) is 33.9 Å². The minimum atomic E-state index is 0.748. The van der Waals surface area contributed by atoms with Crippen LogP contribution in [0, 0.1) is 20.8 Å². The molecule has 1 aromatic carbocycles. The van der Waals surface area contributed by atoms with Gasteiger partial charge < -0.3 is 10.5 Å². The third-order valence-electron chi connectivity index (χ3n) is 2.75. The quantitative estimate of drug-likeness (QED) is 0.801. The molecule has 0 unspecified atom stereocenters. The predicted molar refractivity (Wildman–Crippen MR) is 69.4 cm³/mol. The lowest BCUT2D eigenvalue weighted by Gasteiger charge is -2.12. The SMILES string of the molecule is Cc1cc(C)c(Oc2ccncc2C)cc1N. The van der Waals surface area contributed by atoms with Crippen LogP contribution in [0.1, 0.15) is 16.7 Å². The van der Waals surface area contributed by atoms with Crippen LogP contribution in [0.15, 0.2) is 30.6 Å². The van der Waals surface area contributed by atoms with E-state index in [9.17, 15) is 0 Å². The minimum Gasteiger partial charge on any atom is -0.457 e. The summed E-state index contributed by atoms with van der Waals surface area (Å²) in [7, 11) is 0. The summed E-state index contributed by atoms with van der Waals surface area (Å²) in [5.74, 6) is 1.61. The Balaban J connectivity index is 2.37. The lowest BCUT2D eigenvalue weighted by Crippen LogP contribution is -1.95. The summed E-state index contributed by atoms with van der Waals surface area (Å²) < 4.78 is 5.86. The molecule has 0 aliphatic rings. The molecule has 0 aliphatic carbocycles. The van der Waals surface area contributed by atoms with Crippen LogP contribution in [0.2, 0.25) is 0 Å². The number of ether oxygens (including phenoxy) is 1. The number of pyridine rings is 1. The summed E-state index contributed by atoms with van der Waals surface area (Å²) in [6.45, 7) is 5.97. The van der Waals surface area contributed by atoms with Crippen molar-refractivity contribution in [3.63, 3.8) is 0 Å². The highest BCUT2D eigenvalue weighted by molar-refractivity contribution is 5.55. The van der Waals surface area contributed by atoms with Crippen LogP contribution < -0.4 is 10.5 Å². The zero-order valence-corrected chi connectivity index (χ0v) is 10.3. The normalized spacial score (nSPS) is 10.3. The number of aryl methyl sites for hydroxylation is 3. The Morgan fingerprint density at radius 2 is 1.76 bits per heavy atom. The molecule has 0 saturated heterocycles. The van der Waals surface area contributed by atoms with E-state index >= 15 is 0 Å². The summed E-state index contributed by atoms with van der Waals surface area (Å²) in [6, 6.07) is 5.75. The van der Waals surface area contributed by atoms with Gasteiger partial charge in [-0.05, 0) is 38.0 Å². The molecule has 17 heavy (non-hydrogen) atoms. The van der Waals surface area contributed by atoms with Gasteiger partial charge in [-0.3, -0.25) is 4.98 Å². The van der Waals surface area contributed by atoms with Gasteiger partial charge in [-0.2, -0.15) is 0 Å². The molecule has 3 heteroatoms. The van der Waals surface area contributed by atoms with Crippen LogP contribution in [0.25, 0.3) is 0 Å². The number of benzene rings is 1. The monoisotopic (exact) mass is 228 g/mol. The molecule has 2 N–H and O–H groups in total. The predicted octanol–water partition coefficient (Wildman–Crippen LogP) is 3.38. The molecular formula is C14H16N2O. The first-order valence-electron chi connectivity index (χ1n) is 5.53. The van der Waals surface area contributed by atoms with Crippen LogP contribution in [0.5, 0.6) is 11.5 Å². The van der Waals surface area contributed by atoms with Gasteiger partial charge in [-0.1, -0.05) is 6.07 Å². The van der Waals surface area contributed by atoms with Crippen molar-refractivity contribution < 1.29 is 4.74 Å². The van der Waals surface area contributed by atoms with Crippen molar-refractivity contribution in [1.82, 2.24) is 4.98 Å². The van der Waals surface area contributed by atoms with Gasteiger partial charge in [0.05, 0.1) is 0 Å². The fourth-order valence-electron chi connectivity index (χ4n) is 1.65. The third kappa shape index (κ3) is 2.38. The lowest BCUT2D eigenvalue weighted by molar-refractivity contribution is 0.474. The Kier molecular flexibility index (Phi) is 3.00. The van der Waals surface area contributed by atoms with E-state index in [1.807, 2.05) is 39.0 Å². The summed E-state index contributed by atoms with van der Waals surface area (Å²) in [5, 5.41) is 0. The van der Waals surface area contributed by atoms with E-state index in [0.29, 0.717) is 0 Å². The molecule has 0 spiro atoms. The Morgan fingerprint density at radius 3 is 2.47 bits per heavy atom. The average Bonchev–Trinajstić information content (AvgIpc) is 2.29. The maximum atomic E-state index is 5.89. The van der Waals surface area contributed by atoms with E-state index in [4.69, 9.17) is 10.5 Å². The molecule has 0 radical (unpaired) electrons. The standard InChI is InChI=1S/C14H16N2O/c1-9-6-10(2)14(7-12(9)15)17-13-4-5-16-8-11(13)3/h4-8H,15H2,1-3H3. The highest BCUT2D eigenvalue weighted by Crippen LogP contribution is 2.30. The number of anilines is 1. The van der Waals surface area contributed by atoms with Gasteiger partial charge in [0.25, 0.3) is 0 Å². The van der Waals surface area contributed by atoms with Crippen molar-refractivity contribution in [2.24, 2.45) is 0 Å². The number of rotatable bonds is 2. The van der Waals surface area contributed by atoms with Gasteiger partial charge in [0.15, 0.2) is 0 Å². The molecule has 2 aromatic rings. The van der Waals surface area contributed by atoms with Crippen LogP contribution in [-0.2, 0) is 0 Å². The minimum absolute atomic E-state index is 0.748. The Bertz CT molecular complexity index is 550. The molecule has 0 aliphatic heterocycles. The van der Waals surface area contributed by atoms with Gasteiger partial charge in [-0.25, -0.2) is 0 Å². The number of hydrogen-bond donors (Lipinski definition) is 1. The van der Waals surface area contributed by atoms with Crippen molar-refractivity contribution in [3.8, 4) is 11.5 Å². The van der Waals surface area contributed by atoms with Crippen molar-refractivity contribution in [2.75, 3.05) is 5.73 Å². The van der Waals surface area contributed by atoms with Crippen LogP contribution in [-0.4, -0.2) is 4.98 Å². The maximum absolute atomic E-state index is 5.89. The molecule has 3 nitrogen and oxygen atoms in total.